The van der Waals surface area contributed by atoms with Gasteiger partial charge in [-0.15, -0.1) is 34.2 Å². The summed E-state index contributed by atoms with van der Waals surface area (Å²) < 4.78 is 7.39. The predicted molar refractivity (Wildman–Crippen MR) is 113 cm³/mol. The molecule has 2 heterocycles. The quantitative estimate of drug-likeness (QED) is 0.363. The van der Waals surface area contributed by atoms with Gasteiger partial charge in [0.25, 0.3) is 0 Å². The van der Waals surface area contributed by atoms with Gasteiger partial charge in [0.15, 0.2) is 11.8 Å². The minimum Gasteiger partial charge on any atom is -0.379 e. The highest BCUT2D eigenvalue weighted by atomic mass is 127. The topological polar surface area (TPSA) is 79.6 Å². The number of hydrogen-bond donors (Lipinski definition) is 2. The molecule has 0 atom stereocenters. The molecule has 9 heteroatoms. The summed E-state index contributed by atoms with van der Waals surface area (Å²) in [6.07, 6.45) is 5.07. The lowest BCUT2D eigenvalue weighted by Gasteiger charge is -2.27. The molecule has 0 spiro atoms. The number of hydrogen-bond acceptors (Lipinski definition) is 5. The predicted octanol–water partition coefficient (Wildman–Crippen LogP) is 1.05. The fourth-order valence-corrected chi connectivity index (χ4v) is 3.31. The molecule has 0 amide bonds. The molecule has 0 radical (unpaired) electrons. The van der Waals surface area contributed by atoms with E-state index in [1.165, 1.54) is 25.7 Å². The molecule has 26 heavy (non-hydrogen) atoms. The molecule has 2 aliphatic rings. The number of halogens is 1. The van der Waals surface area contributed by atoms with Crippen LogP contribution in [0.15, 0.2) is 4.99 Å². The summed E-state index contributed by atoms with van der Waals surface area (Å²) in [7, 11) is 1.98. The van der Waals surface area contributed by atoms with E-state index in [0.717, 1.165) is 57.0 Å². The number of aromatic nitrogens is 3. The molecular weight excluding hydrogens is 445 g/mol. The second-order valence-electron chi connectivity index (χ2n) is 6.89. The number of nitrogens with one attached hydrogen (secondary N) is 2. The van der Waals surface area contributed by atoms with Gasteiger partial charge in [0.05, 0.1) is 13.2 Å². The Morgan fingerprint density at radius 3 is 2.62 bits per heavy atom. The Balaban J connectivity index is 0.00000243. The molecule has 1 aromatic heterocycles. The molecule has 1 aliphatic heterocycles. The van der Waals surface area contributed by atoms with E-state index in [-0.39, 0.29) is 24.0 Å². The number of nitrogens with zero attached hydrogens (tertiary/aromatic N) is 5. The van der Waals surface area contributed by atoms with Crippen LogP contribution in [0.5, 0.6) is 0 Å². The maximum Gasteiger partial charge on any atom is 0.191 e. The van der Waals surface area contributed by atoms with Crippen LogP contribution in [0.2, 0.25) is 0 Å². The third-order valence-electron chi connectivity index (χ3n) is 5.08. The van der Waals surface area contributed by atoms with Crippen LogP contribution in [0.4, 0.5) is 0 Å². The van der Waals surface area contributed by atoms with Crippen LogP contribution >= 0.6 is 24.0 Å². The molecule has 0 unspecified atom stereocenters. The average molecular weight is 477 g/mol. The summed E-state index contributed by atoms with van der Waals surface area (Å²) in [5.41, 5.74) is 0. The van der Waals surface area contributed by atoms with E-state index in [1.54, 1.807) is 0 Å². The zero-order chi connectivity index (χ0) is 17.5. The highest BCUT2D eigenvalue weighted by Gasteiger charge is 2.17. The van der Waals surface area contributed by atoms with Crippen molar-refractivity contribution in [2.45, 2.75) is 45.2 Å². The van der Waals surface area contributed by atoms with E-state index in [0.29, 0.717) is 12.6 Å². The second-order valence-corrected chi connectivity index (χ2v) is 6.89. The zero-order valence-electron chi connectivity index (χ0n) is 15.9. The standard InChI is InChI=1S/C17H31N7O.HI/c1-14-21-22-16(23(14)2)13-19-17(20-15-5-3-4-6-15)18-7-8-24-9-11-25-12-10-24;/h15H,3-13H2,1-2H3,(H2,18,19,20);1H. The first kappa shape index (κ1) is 21.4. The molecule has 8 nitrogen and oxygen atoms in total. The van der Waals surface area contributed by atoms with Crippen molar-refractivity contribution >= 4 is 29.9 Å². The first-order valence-electron chi connectivity index (χ1n) is 9.42. The van der Waals surface area contributed by atoms with Crippen LogP contribution in [0, 0.1) is 6.92 Å². The van der Waals surface area contributed by atoms with E-state index in [1.807, 2.05) is 18.5 Å². The van der Waals surface area contributed by atoms with E-state index >= 15 is 0 Å². The summed E-state index contributed by atoms with van der Waals surface area (Å²) in [6.45, 7) is 8.11. The van der Waals surface area contributed by atoms with Gasteiger partial charge in [-0.1, -0.05) is 12.8 Å². The smallest absolute Gasteiger partial charge is 0.191 e. The first-order chi connectivity index (χ1) is 12.2. The highest BCUT2D eigenvalue weighted by Crippen LogP contribution is 2.17. The van der Waals surface area contributed by atoms with E-state index in [4.69, 9.17) is 9.73 Å². The summed E-state index contributed by atoms with van der Waals surface area (Å²) in [5, 5.41) is 15.4. The molecule has 1 aromatic rings. The Morgan fingerprint density at radius 1 is 1.23 bits per heavy atom. The van der Waals surface area contributed by atoms with Gasteiger partial charge in [0, 0.05) is 39.3 Å². The van der Waals surface area contributed by atoms with Gasteiger partial charge in [-0.3, -0.25) is 4.90 Å². The molecule has 148 valence electrons. The summed E-state index contributed by atoms with van der Waals surface area (Å²) in [6, 6.07) is 0.538. The second kappa shape index (κ2) is 11.0. The van der Waals surface area contributed by atoms with Crippen molar-refractivity contribution in [2.24, 2.45) is 12.0 Å². The number of ether oxygens (including phenoxy) is 1. The van der Waals surface area contributed by atoms with E-state index < -0.39 is 0 Å². The Hall–Kier alpha value is -0.940. The van der Waals surface area contributed by atoms with Crippen molar-refractivity contribution in [3.63, 3.8) is 0 Å². The Labute approximate surface area is 173 Å². The third kappa shape index (κ3) is 6.34. The van der Waals surface area contributed by atoms with Crippen molar-refractivity contribution in [3.8, 4) is 0 Å². The van der Waals surface area contributed by atoms with Crippen LogP contribution < -0.4 is 10.6 Å². The van der Waals surface area contributed by atoms with Gasteiger partial charge >= 0.3 is 0 Å². The Kier molecular flexibility index (Phi) is 9.06. The molecule has 2 N–H and O–H groups in total. The van der Waals surface area contributed by atoms with Gasteiger partial charge in [0.2, 0.25) is 0 Å². The third-order valence-corrected chi connectivity index (χ3v) is 5.08. The largest absolute Gasteiger partial charge is 0.379 e. The van der Waals surface area contributed by atoms with Gasteiger partial charge < -0.3 is 19.9 Å². The molecular formula is C17H32IN7O. The molecule has 3 rings (SSSR count). The van der Waals surface area contributed by atoms with Gasteiger partial charge in [-0.25, -0.2) is 4.99 Å². The molecule has 1 saturated heterocycles. The maximum absolute atomic E-state index is 5.40. The molecule has 0 bridgehead atoms. The van der Waals surface area contributed by atoms with E-state index in [9.17, 15) is 0 Å². The monoisotopic (exact) mass is 477 g/mol. The van der Waals surface area contributed by atoms with Gasteiger partial charge in [-0.2, -0.15) is 0 Å². The Bertz CT molecular complexity index is 565. The summed E-state index contributed by atoms with van der Waals surface area (Å²) >= 11 is 0. The number of guanidine groups is 1. The lowest BCUT2D eigenvalue weighted by molar-refractivity contribution is 0.0389. The van der Waals surface area contributed by atoms with Crippen LogP contribution in [0.1, 0.15) is 37.3 Å². The van der Waals surface area contributed by atoms with Crippen molar-refractivity contribution in [2.75, 3.05) is 39.4 Å². The average Bonchev–Trinajstić information content (AvgIpc) is 3.25. The SMILES string of the molecule is Cc1nnc(CN=C(NCCN2CCOCC2)NC2CCCC2)n1C.I. The van der Waals surface area contributed by atoms with Crippen molar-refractivity contribution in [1.82, 2.24) is 30.3 Å². The lowest BCUT2D eigenvalue weighted by Crippen LogP contribution is -2.46. The summed E-state index contributed by atoms with van der Waals surface area (Å²) in [5.74, 6) is 2.69. The minimum atomic E-state index is 0. The fraction of sp³-hybridized carbons (Fsp3) is 0.824. The van der Waals surface area contributed by atoms with Crippen molar-refractivity contribution in [3.05, 3.63) is 11.6 Å². The minimum absolute atomic E-state index is 0. The van der Waals surface area contributed by atoms with E-state index in [2.05, 4.69) is 25.7 Å². The number of rotatable bonds is 6. The summed E-state index contributed by atoms with van der Waals surface area (Å²) in [4.78, 5) is 7.17. The highest BCUT2D eigenvalue weighted by molar-refractivity contribution is 14.0. The molecule has 0 aromatic carbocycles. The van der Waals surface area contributed by atoms with Crippen molar-refractivity contribution < 1.29 is 4.74 Å². The van der Waals surface area contributed by atoms with Gasteiger partial charge in [-0.05, 0) is 19.8 Å². The van der Waals surface area contributed by atoms with Crippen LogP contribution in [0.25, 0.3) is 0 Å². The normalized spacial score (nSPS) is 19.4. The van der Waals surface area contributed by atoms with Crippen LogP contribution in [-0.4, -0.2) is 71.1 Å². The molecule has 1 aliphatic carbocycles. The van der Waals surface area contributed by atoms with Gasteiger partial charge in [0.1, 0.15) is 12.4 Å². The first-order valence-corrected chi connectivity index (χ1v) is 9.42. The van der Waals surface area contributed by atoms with Crippen LogP contribution in [-0.2, 0) is 18.3 Å². The number of aryl methyl sites for hydroxylation is 1. The zero-order valence-corrected chi connectivity index (χ0v) is 18.2. The maximum atomic E-state index is 5.40. The lowest BCUT2D eigenvalue weighted by atomic mass is 10.2. The molecule has 1 saturated carbocycles. The van der Waals surface area contributed by atoms with Crippen LogP contribution in [0.3, 0.4) is 0 Å². The number of morpholine rings is 1. The van der Waals surface area contributed by atoms with Crippen molar-refractivity contribution in [1.29, 1.82) is 0 Å². The number of aliphatic imine (C=N–C) groups is 1. The fourth-order valence-electron chi connectivity index (χ4n) is 3.31. The molecule has 2 fully saturated rings. The Morgan fingerprint density at radius 2 is 1.96 bits per heavy atom.